The van der Waals surface area contributed by atoms with Crippen LogP contribution in [0.1, 0.15) is 69.6 Å². The Hall–Kier alpha value is -10.3. The second-order valence-corrected chi connectivity index (χ2v) is 31.2. The van der Waals surface area contributed by atoms with Gasteiger partial charge in [0, 0.05) is 114 Å². The molecule has 100 heavy (non-hydrogen) atoms. The molecule has 0 saturated carbocycles. The number of carbonyl (C=O) groups excluding carboxylic acids is 3. The van der Waals surface area contributed by atoms with Crippen LogP contribution in [0.5, 0.6) is 11.8 Å². The normalized spacial score (nSPS) is 11.8. The fourth-order valence-electron chi connectivity index (χ4n) is 10.4. The van der Waals surface area contributed by atoms with E-state index in [0.717, 1.165) is 32.2 Å². The second kappa shape index (κ2) is 30.5. The summed E-state index contributed by atoms with van der Waals surface area (Å²) in [6, 6.07) is 32.4. The lowest BCUT2D eigenvalue weighted by Crippen LogP contribution is -2.33. The molecule has 3 amide bonds. The van der Waals surface area contributed by atoms with Gasteiger partial charge in [0.2, 0.25) is 18.2 Å². The van der Waals surface area contributed by atoms with Gasteiger partial charge in [-0.05, 0) is 176 Å². The molecular weight excluding hydrogens is 1410 g/mol. The van der Waals surface area contributed by atoms with Gasteiger partial charge in [-0.25, -0.2) is 56.7 Å². The number of carbonyl (C=O) groups is 3. The number of anilines is 4. The molecule has 0 atom stereocenters. The Kier molecular flexibility index (Phi) is 22.5. The van der Waals surface area contributed by atoms with E-state index in [4.69, 9.17) is 18.9 Å². The lowest BCUT2D eigenvalue weighted by molar-refractivity contribution is -0.106. The number of fused-ring (bicyclic) bond motifs is 3. The topological polar surface area (TPSA) is 304 Å². The molecule has 0 aliphatic carbocycles. The molecule has 2 N–H and O–H groups in total. The number of amides is 3. The molecule has 11 aromatic rings. The molecule has 8 aromatic heterocycles. The molecule has 0 aliphatic heterocycles. The van der Waals surface area contributed by atoms with Gasteiger partial charge in [0.05, 0.1) is 49.5 Å². The molecule has 0 spiro atoms. The number of pyridine rings is 5. The maximum absolute atomic E-state index is 13.6. The Balaban J connectivity index is 0.000000177. The number of ether oxygens (including phenoxy) is 4. The van der Waals surface area contributed by atoms with Crippen molar-refractivity contribution in [2.75, 3.05) is 45.6 Å². The zero-order valence-electron chi connectivity index (χ0n) is 57.2. The third-order valence-corrected chi connectivity index (χ3v) is 20.4. The van der Waals surface area contributed by atoms with Crippen molar-refractivity contribution in [1.29, 1.82) is 0 Å². The van der Waals surface area contributed by atoms with E-state index < -0.39 is 53.5 Å². The van der Waals surface area contributed by atoms with Crippen LogP contribution in [0.4, 0.5) is 32.3 Å². The van der Waals surface area contributed by atoms with Gasteiger partial charge in [-0.2, -0.15) is 0 Å². The van der Waals surface area contributed by atoms with E-state index in [2.05, 4.69) is 51.5 Å². The highest BCUT2D eigenvalue weighted by atomic mass is 79.9. The number of nitrogens with one attached hydrogen (secondary N) is 2. The Morgan fingerprint density at radius 1 is 0.560 bits per heavy atom. The molecule has 0 fully saturated rings. The maximum Gasteiger partial charge on any atom is 0.410 e. The van der Waals surface area contributed by atoms with E-state index >= 15 is 0 Å². The number of aromatic nitrogens is 8. The Morgan fingerprint density at radius 2 is 0.990 bits per heavy atom. The zero-order valence-corrected chi connectivity index (χ0v) is 61.2. The second-order valence-electron chi connectivity index (χ2n) is 24.8. The first kappa shape index (κ1) is 74.0. The Bertz CT molecular complexity index is 5160. The van der Waals surface area contributed by atoms with Gasteiger partial charge >= 0.3 is 12.2 Å². The van der Waals surface area contributed by atoms with E-state index in [-0.39, 0.29) is 33.7 Å². The summed E-state index contributed by atoms with van der Waals surface area (Å²) in [5.41, 5.74) is 5.97. The molecule has 30 heteroatoms. The summed E-state index contributed by atoms with van der Waals surface area (Å²) < 4.78 is 107. The SMILES string of the molecule is CN(Cc1cn(S(=O)(=O)c2cccnc2)c2cc(Br)ccc12)C(=O)OC(C)(C)C.CNCc1cn(S(=O)(=O)c2cccnc2)c2cc(N(C=O)c3ccc(C)nc3OC)ccc12.COc1nc(C)ccc1Nc1ccc2c(CN(C)C(=O)OC(C)(C)C)cn(S(=O)(=O)c3cccnc3)c2c1. The van der Waals surface area contributed by atoms with Gasteiger partial charge < -0.3 is 39.4 Å². The summed E-state index contributed by atoms with van der Waals surface area (Å²) in [4.78, 5) is 62.0. The molecule has 8 heterocycles. The fraction of sp³-hybridized carbons (Fsp3) is 0.257. The van der Waals surface area contributed by atoms with Gasteiger partial charge in [-0.1, -0.05) is 34.1 Å². The van der Waals surface area contributed by atoms with Crippen LogP contribution in [0.2, 0.25) is 0 Å². The predicted molar refractivity (Wildman–Crippen MR) is 385 cm³/mol. The summed E-state index contributed by atoms with van der Waals surface area (Å²) in [6.45, 7) is 15.3. The standard InChI is InChI=1S/C27H31N5O5S.C23H23N5O4S.C20H22BrN3O4S/c1-18-9-12-23(25(29-18)36-6)30-20-10-11-22-19(16-31(5)26(33)37-27(2,3)4)17-32(24(22)14-20)38(34,35)21-8-7-13-28-15-21;1-16-6-9-21(23(26-16)32-3)27(15-29)18-7-8-20-17(12-24-2)14-28(22(20)11-18)33(30,31)19-5-4-10-25-13-19;1-20(2,3)28-19(25)23(4)12-14-13-24(18-10-15(21)7-8-17(14)18)29(26,27)16-6-5-9-22-11-16/h7-15,17,30H,16H2,1-6H3;4-11,13-15,24H,12H2,1-3H3;5-11,13H,12H2,1-4H3. The number of methoxy groups -OCH3 is 2. The average Bonchev–Trinajstić information content (AvgIpc) is 1.64. The summed E-state index contributed by atoms with van der Waals surface area (Å²) in [5, 5.41) is 8.48. The number of nitrogens with zero attached hydrogens (tertiary/aromatic N) is 11. The van der Waals surface area contributed by atoms with Crippen molar-refractivity contribution in [2.24, 2.45) is 0 Å². The zero-order chi connectivity index (χ0) is 72.6. The monoisotopic (exact) mass is 1480 g/mol. The molecule has 3 aromatic carbocycles. The number of aryl methyl sites for hydroxylation is 2. The molecule has 11 rings (SSSR count). The molecule has 0 saturated heterocycles. The lowest BCUT2D eigenvalue weighted by atomic mass is 10.1. The molecule has 0 unspecified atom stereocenters. The third kappa shape index (κ3) is 16.9. The molecular formula is C70H76BrN13O13S3. The minimum absolute atomic E-state index is 0.0479. The van der Waals surface area contributed by atoms with E-state index in [1.165, 1.54) is 102 Å². The van der Waals surface area contributed by atoms with E-state index in [0.29, 0.717) is 74.6 Å². The summed E-state index contributed by atoms with van der Waals surface area (Å²) in [7, 11) is -3.71. The summed E-state index contributed by atoms with van der Waals surface area (Å²) >= 11 is 3.40. The van der Waals surface area contributed by atoms with E-state index in [1.54, 1.807) is 136 Å². The first-order chi connectivity index (χ1) is 47.3. The van der Waals surface area contributed by atoms with Crippen molar-refractivity contribution in [2.45, 2.75) is 101 Å². The molecule has 0 radical (unpaired) electrons. The highest BCUT2D eigenvalue weighted by Crippen LogP contribution is 2.37. The molecule has 0 aliphatic rings. The van der Waals surface area contributed by atoms with Crippen molar-refractivity contribution in [3.05, 3.63) is 204 Å². The largest absolute Gasteiger partial charge is 0.480 e. The van der Waals surface area contributed by atoms with Gasteiger partial charge in [-0.15, -0.1) is 0 Å². The number of rotatable bonds is 19. The number of halogens is 1. The van der Waals surface area contributed by atoms with Crippen LogP contribution in [0.25, 0.3) is 32.7 Å². The first-order valence-electron chi connectivity index (χ1n) is 30.9. The molecule has 0 bridgehead atoms. The van der Waals surface area contributed by atoms with E-state index in [1.807, 2.05) is 50.2 Å². The predicted octanol–water partition coefficient (Wildman–Crippen LogP) is 12.5. The fourth-order valence-corrected chi connectivity index (χ4v) is 14.8. The van der Waals surface area contributed by atoms with Gasteiger partial charge in [0.1, 0.15) is 37.3 Å². The quantitative estimate of drug-likeness (QED) is 0.0711. The maximum atomic E-state index is 13.6. The highest BCUT2D eigenvalue weighted by molar-refractivity contribution is 9.10. The van der Waals surface area contributed by atoms with Crippen LogP contribution in [-0.4, -0.2) is 137 Å². The first-order valence-corrected chi connectivity index (χ1v) is 36.0. The number of hydrogen-bond acceptors (Lipinski definition) is 20. The van der Waals surface area contributed by atoms with Crippen LogP contribution in [0, 0.1) is 13.8 Å². The van der Waals surface area contributed by atoms with Crippen molar-refractivity contribution in [3.8, 4) is 11.8 Å². The lowest BCUT2D eigenvalue weighted by Gasteiger charge is -2.24. The van der Waals surface area contributed by atoms with Crippen molar-refractivity contribution < 1.29 is 58.6 Å². The van der Waals surface area contributed by atoms with Crippen molar-refractivity contribution in [3.63, 3.8) is 0 Å². The van der Waals surface area contributed by atoms with Crippen LogP contribution in [-0.2, 0) is 64.0 Å². The van der Waals surface area contributed by atoms with E-state index in [9.17, 15) is 39.6 Å². The van der Waals surface area contributed by atoms with Crippen LogP contribution in [0.3, 0.4) is 0 Å². The average molecular weight is 1480 g/mol. The minimum Gasteiger partial charge on any atom is -0.480 e. The summed E-state index contributed by atoms with van der Waals surface area (Å²) in [5.74, 6) is 0.708. The van der Waals surface area contributed by atoms with Crippen LogP contribution < -0.4 is 25.0 Å². The van der Waals surface area contributed by atoms with Crippen molar-refractivity contribution >= 4 is 120 Å². The number of benzene rings is 3. The molecule has 524 valence electrons. The Morgan fingerprint density at radius 3 is 1.44 bits per heavy atom. The van der Waals surface area contributed by atoms with Gasteiger partial charge in [0.15, 0.2) is 0 Å². The summed E-state index contributed by atoms with van der Waals surface area (Å²) in [6.07, 6.45) is 12.8. The smallest absolute Gasteiger partial charge is 0.410 e. The minimum atomic E-state index is -3.98. The van der Waals surface area contributed by atoms with Crippen molar-refractivity contribution in [1.82, 2.24) is 52.0 Å². The van der Waals surface area contributed by atoms with Gasteiger partial charge in [0.25, 0.3) is 30.1 Å². The third-order valence-electron chi connectivity index (χ3n) is 15.0. The van der Waals surface area contributed by atoms with Crippen LogP contribution >= 0.6 is 15.9 Å². The van der Waals surface area contributed by atoms with Crippen LogP contribution in [0.15, 0.2) is 190 Å². The highest BCUT2D eigenvalue weighted by Gasteiger charge is 2.29. The Labute approximate surface area is 588 Å². The number of hydrogen-bond donors (Lipinski definition) is 2. The molecule has 26 nitrogen and oxygen atoms in total. The van der Waals surface area contributed by atoms with Gasteiger partial charge in [-0.3, -0.25) is 24.6 Å².